The van der Waals surface area contributed by atoms with Crippen molar-refractivity contribution in [2.24, 2.45) is 0 Å². The smallest absolute Gasteiger partial charge is 0.339 e. The molecule has 0 aromatic heterocycles. The molecule has 2 aromatic rings. The zero-order valence-corrected chi connectivity index (χ0v) is 13.4. The molecule has 1 N–H and O–H groups in total. The molecule has 23 heavy (non-hydrogen) atoms. The maximum atomic E-state index is 11.5. The average molecular weight is 310 g/mol. The molecule has 3 heteroatoms. The lowest BCUT2D eigenvalue weighted by molar-refractivity contribution is -0.130. The maximum absolute atomic E-state index is 11.5. The van der Waals surface area contributed by atoms with E-state index in [9.17, 15) is 9.90 Å². The molecule has 0 heterocycles. The number of benzene rings is 2. The van der Waals surface area contributed by atoms with Crippen molar-refractivity contribution in [3.63, 3.8) is 0 Å². The van der Waals surface area contributed by atoms with Crippen LogP contribution < -0.4 is 4.74 Å². The van der Waals surface area contributed by atoms with Gasteiger partial charge in [0, 0.05) is 0 Å². The molecule has 0 saturated carbocycles. The van der Waals surface area contributed by atoms with Crippen molar-refractivity contribution in [1.82, 2.24) is 0 Å². The topological polar surface area (TPSA) is 46.5 Å². The van der Waals surface area contributed by atoms with Gasteiger partial charge in [0.25, 0.3) is 0 Å². The van der Waals surface area contributed by atoms with Gasteiger partial charge in [0.2, 0.25) is 0 Å². The van der Waals surface area contributed by atoms with Gasteiger partial charge < -0.3 is 9.84 Å². The number of unbranched alkanes of at least 4 members (excludes halogenated alkanes) is 2. The van der Waals surface area contributed by atoms with Crippen LogP contribution in [0.2, 0.25) is 0 Å². The van der Waals surface area contributed by atoms with Crippen molar-refractivity contribution in [3.05, 3.63) is 72.0 Å². The Morgan fingerprint density at radius 2 is 1.74 bits per heavy atom. The van der Waals surface area contributed by atoms with E-state index >= 15 is 0 Å². The molecule has 0 aliphatic carbocycles. The van der Waals surface area contributed by atoms with E-state index in [4.69, 9.17) is 4.74 Å². The third-order valence-corrected chi connectivity index (χ3v) is 3.62. The Balaban J connectivity index is 2.10. The number of carbonyl (C=O) groups is 1. The van der Waals surface area contributed by atoms with Crippen LogP contribution in [0.15, 0.2) is 60.9 Å². The van der Waals surface area contributed by atoms with E-state index in [0.717, 1.165) is 12.8 Å². The Morgan fingerprint density at radius 1 is 1.04 bits per heavy atom. The molecule has 0 amide bonds. The fourth-order valence-electron chi connectivity index (χ4n) is 2.30. The number of rotatable bonds is 8. The number of hydrogen-bond acceptors (Lipinski definition) is 2. The first-order valence-electron chi connectivity index (χ1n) is 7.95. The summed E-state index contributed by atoms with van der Waals surface area (Å²) in [5.74, 6) is -0.387. The highest BCUT2D eigenvalue weighted by Gasteiger charge is 2.11. The molecular weight excluding hydrogens is 288 g/mol. The molecule has 0 atom stereocenters. The van der Waals surface area contributed by atoms with Gasteiger partial charge >= 0.3 is 5.97 Å². The highest BCUT2D eigenvalue weighted by atomic mass is 16.5. The molecule has 0 bridgehead atoms. The molecule has 0 saturated heterocycles. The van der Waals surface area contributed by atoms with Crippen molar-refractivity contribution in [2.75, 3.05) is 0 Å². The van der Waals surface area contributed by atoms with Crippen molar-refractivity contribution in [2.45, 2.75) is 32.6 Å². The second-order valence-corrected chi connectivity index (χ2v) is 5.42. The number of hydrogen-bond donors (Lipinski definition) is 1. The Bertz CT molecular complexity index is 642. The van der Waals surface area contributed by atoms with Crippen LogP contribution in [0, 0.1) is 0 Å². The molecule has 0 aliphatic rings. The van der Waals surface area contributed by atoms with Gasteiger partial charge in [-0.25, -0.2) is 4.79 Å². The molecule has 0 spiro atoms. The van der Waals surface area contributed by atoms with Crippen molar-refractivity contribution in [1.29, 1.82) is 0 Å². The van der Waals surface area contributed by atoms with E-state index in [1.807, 2.05) is 42.5 Å². The van der Waals surface area contributed by atoms with Gasteiger partial charge in [-0.15, -0.1) is 0 Å². The largest absolute Gasteiger partial charge is 0.478 e. The molecule has 3 nitrogen and oxygen atoms in total. The zero-order valence-electron chi connectivity index (χ0n) is 13.4. The SMILES string of the molecule is CCCCCc1ccc(C(=COc2ccccc2)C(=O)O)cc1. The number of aryl methyl sites for hydroxylation is 1. The Kier molecular flexibility index (Phi) is 6.42. The minimum atomic E-state index is -1.00. The normalized spacial score (nSPS) is 11.3. The number of carboxylic acid groups (broad SMARTS) is 1. The van der Waals surface area contributed by atoms with Crippen molar-refractivity contribution >= 4 is 11.5 Å². The van der Waals surface area contributed by atoms with Crippen molar-refractivity contribution < 1.29 is 14.6 Å². The minimum absolute atomic E-state index is 0.147. The lowest BCUT2D eigenvalue weighted by atomic mass is 10.0. The number of para-hydroxylation sites is 1. The van der Waals surface area contributed by atoms with E-state index < -0.39 is 5.97 Å². The van der Waals surface area contributed by atoms with E-state index in [1.54, 1.807) is 12.1 Å². The molecule has 0 fully saturated rings. The molecule has 2 rings (SSSR count). The van der Waals surface area contributed by atoms with Crippen LogP contribution in [0.4, 0.5) is 0 Å². The molecular formula is C20H22O3. The summed E-state index contributed by atoms with van der Waals surface area (Å²) in [5.41, 5.74) is 2.03. The van der Waals surface area contributed by atoms with Crippen LogP contribution in [0.5, 0.6) is 5.75 Å². The summed E-state index contributed by atoms with van der Waals surface area (Å²) in [6.07, 6.45) is 5.90. The second kappa shape index (κ2) is 8.79. The van der Waals surface area contributed by atoms with Gasteiger partial charge in [-0.3, -0.25) is 0 Å². The van der Waals surface area contributed by atoms with Crippen LogP contribution in [0.25, 0.3) is 5.57 Å². The molecule has 2 aromatic carbocycles. The highest BCUT2D eigenvalue weighted by Crippen LogP contribution is 2.18. The molecule has 0 radical (unpaired) electrons. The highest BCUT2D eigenvalue weighted by molar-refractivity contribution is 6.15. The minimum Gasteiger partial charge on any atom is -0.478 e. The van der Waals surface area contributed by atoms with E-state index in [-0.39, 0.29) is 5.57 Å². The van der Waals surface area contributed by atoms with Crippen LogP contribution in [0.1, 0.15) is 37.3 Å². The van der Waals surface area contributed by atoms with Crippen molar-refractivity contribution in [3.8, 4) is 5.75 Å². The summed E-state index contributed by atoms with van der Waals surface area (Å²) >= 11 is 0. The van der Waals surface area contributed by atoms with E-state index in [1.165, 1.54) is 24.7 Å². The summed E-state index contributed by atoms with van der Waals surface area (Å²) in [7, 11) is 0. The van der Waals surface area contributed by atoms with Gasteiger partial charge in [0.05, 0.1) is 0 Å². The Labute approximate surface area is 137 Å². The third-order valence-electron chi connectivity index (χ3n) is 3.62. The van der Waals surface area contributed by atoms with Crippen LogP contribution in [-0.2, 0) is 11.2 Å². The van der Waals surface area contributed by atoms with Crippen LogP contribution in [-0.4, -0.2) is 11.1 Å². The van der Waals surface area contributed by atoms with E-state index in [0.29, 0.717) is 11.3 Å². The lowest BCUT2D eigenvalue weighted by Crippen LogP contribution is -2.02. The number of ether oxygens (including phenoxy) is 1. The summed E-state index contributed by atoms with van der Waals surface area (Å²) in [6, 6.07) is 16.8. The summed E-state index contributed by atoms with van der Waals surface area (Å²) in [4.78, 5) is 11.5. The summed E-state index contributed by atoms with van der Waals surface area (Å²) < 4.78 is 5.45. The predicted molar refractivity (Wildman–Crippen MR) is 92.4 cm³/mol. The monoisotopic (exact) mass is 310 g/mol. The first kappa shape index (κ1) is 16.8. The Hall–Kier alpha value is -2.55. The second-order valence-electron chi connectivity index (χ2n) is 5.42. The summed E-state index contributed by atoms with van der Waals surface area (Å²) in [6.45, 7) is 2.18. The molecule has 0 aliphatic heterocycles. The lowest BCUT2D eigenvalue weighted by Gasteiger charge is -2.06. The van der Waals surface area contributed by atoms with Crippen LogP contribution in [0.3, 0.4) is 0 Å². The fraction of sp³-hybridized carbons (Fsp3) is 0.250. The quantitative estimate of drug-likeness (QED) is 0.427. The average Bonchev–Trinajstić information content (AvgIpc) is 2.57. The zero-order chi connectivity index (χ0) is 16.5. The summed E-state index contributed by atoms with van der Waals surface area (Å²) in [5, 5.41) is 9.40. The standard InChI is InChI=1S/C20H22O3/c1-2-3-5-8-16-11-13-17(14-12-16)19(20(21)22)15-23-18-9-6-4-7-10-18/h4,6-7,9-15H,2-3,5,8H2,1H3,(H,21,22). The fourth-order valence-corrected chi connectivity index (χ4v) is 2.30. The maximum Gasteiger partial charge on any atom is 0.339 e. The van der Waals surface area contributed by atoms with Crippen LogP contribution >= 0.6 is 0 Å². The van der Waals surface area contributed by atoms with Gasteiger partial charge in [-0.1, -0.05) is 62.2 Å². The third kappa shape index (κ3) is 5.29. The predicted octanol–water partition coefficient (Wildman–Crippen LogP) is 4.92. The van der Waals surface area contributed by atoms with E-state index in [2.05, 4.69) is 6.92 Å². The van der Waals surface area contributed by atoms with Gasteiger partial charge in [-0.2, -0.15) is 0 Å². The first-order chi connectivity index (χ1) is 11.2. The van der Waals surface area contributed by atoms with Gasteiger partial charge in [-0.05, 0) is 36.1 Å². The van der Waals surface area contributed by atoms with Gasteiger partial charge in [0.15, 0.2) is 0 Å². The first-order valence-corrected chi connectivity index (χ1v) is 7.95. The number of carboxylic acids is 1. The Morgan fingerprint density at radius 3 is 2.35 bits per heavy atom. The number of aliphatic carboxylic acids is 1. The van der Waals surface area contributed by atoms with Gasteiger partial charge in [0.1, 0.15) is 17.6 Å². The molecule has 120 valence electrons. The molecule has 0 unspecified atom stereocenters.